The molecule has 0 spiro atoms. The molecule has 0 amide bonds. The maximum Gasteiger partial charge on any atom is 0.0897 e. The van der Waals surface area contributed by atoms with Crippen LogP contribution in [0.15, 0.2) is 0 Å². The first-order valence-electron chi connectivity index (χ1n) is 6.14. The highest BCUT2D eigenvalue weighted by molar-refractivity contribution is 4.97. The van der Waals surface area contributed by atoms with E-state index in [9.17, 15) is 5.11 Å². The van der Waals surface area contributed by atoms with E-state index in [0.717, 1.165) is 0 Å². The Labute approximate surface area is 98.3 Å². The molecule has 0 aromatic carbocycles. The smallest absolute Gasteiger partial charge is 0.0897 e. The lowest BCUT2D eigenvalue weighted by molar-refractivity contribution is -0.0106. The van der Waals surface area contributed by atoms with E-state index in [4.69, 9.17) is 9.47 Å². The van der Waals surface area contributed by atoms with E-state index in [0.29, 0.717) is 26.4 Å². The van der Waals surface area contributed by atoms with Crippen molar-refractivity contribution < 1.29 is 14.6 Å². The highest BCUT2D eigenvalue weighted by Gasteiger charge is 2.36. The number of hydrogen-bond donors (Lipinski definition) is 2. The molecule has 16 heavy (non-hydrogen) atoms. The highest BCUT2D eigenvalue weighted by atomic mass is 16.5. The molecular weight excluding hydrogens is 206 g/mol. The summed E-state index contributed by atoms with van der Waals surface area (Å²) < 4.78 is 10.6. The average Bonchev–Trinajstić information content (AvgIpc) is 2.93. The van der Waals surface area contributed by atoms with Crippen LogP contribution in [-0.2, 0) is 9.47 Å². The van der Waals surface area contributed by atoms with Gasteiger partial charge in [-0.25, -0.2) is 0 Å². The quantitative estimate of drug-likeness (QED) is 0.580. The van der Waals surface area contributed by atoms with Crippen LogP contribution in [0, 0.1) is 0 Å². The molecule has 1 fully saturated rings. The molecule has 2 N–H and O–H groups in total. The van der Waals surface area contributed by atoms with E-state index in [1.54, 1.807) is 0 Å². The van der Waals surface area contributed by atoms with Gasteiger partial charge in [0.15, 0.2) is 0 Å². The van der Waals surface area contributed by atoms with Gasteiger partial charge >= 0.3 is 0 Å². The molecule has 1 aliphatic rings. The lowest BCUT2D eigenvalue weighted by Gasteiger charge is -2.16. The largest absolute Gasteiger partial charge is 0.389 e. The first-order chi connectivity index (χ1) is 7.52. The van der Waals surface area contributed by atoms with Crippen molar-refractivity contribution in [3.05, 3.63) is 0 Å². The Bertz CT molecular complexity index is 193. The van der Waals surface area contributed by atoms with Gasteiger partial charge in [-0.2, -0.15) is 0 Å². The Morgan fingerprint density at radius 1 is 1.31 bits per heavy atom. The number of β-amino-alcohol motifs (C(OH)–C–C–N with tert-alkyl or cyclic N) is 1. The average molecular weight is 231 g/mol. The zero-order chi connectivity index (χ0) is 12.0. The van der Waals surface area contributed by atoms with Crippen LogP contribution in [0.5, 0.6) is 0 Å². The maximum absolute atomic E-state index is 9.62. The van der Waals surface area contributed by atoms with E-state index in [-0.39, 0.29) is 11.6 Å². The molecule has 1 unspecified atom stereocenters. The lowest BCUT2D eigenvalue weighted by Crippen LogP contribution is -2.37. The minimum atomic E-state index is -0.420. The van der Waals surface area contributed by atoms with Crippen molar-refractivity contribution in [2.24, 2.45) is 0 Å². The summed E-state index contributed by atoms with van der Waals surface area (Å²) >= 11 is 0. The van der Waals surface area contributed by atoms with E-state index in [1.165, 1.54) is 12.8 Å². The van der Waals surface area contributed by atoms with Gasteiger partial charge in [0, 0.05) is 12.1 Å². The molecule has 0 aromatic rings. The third-order valence-corrected chi connectivity index (χ3v) is 2.75. The third-order valence-electron chi connectivity index (χ3n) is 2.75. The monoisotopic (exact) mass is 231 g/mol. The third kappa shape index (κ3) is 6.43. The van der Waals surface area contributed by atoms with Crippen LogP contribution in [-0.4, -0.2) is 49.2 Å². The molecule has 96 valence electrons. The Hall–Kier alpha value is -0.160. The second kappa shape index (κ2) is 6.55. The van der Waals surface area contributed by atoms with Crippen LogP contribution in [0.25, 0.3) is 0 Å². The number of aliphatic hydroxyl groups excluding tert-OH is 1. The lowest BCUT2D eigenvalue weighted by atomic mass is 10.3. The molecule has 4 heteroatoms. The Balaban J connectivity index is 1.88. The van der Waals surface area contributed by atoms with E-state index >= 15 is 0 Å². The molecule has 1 atom stereocenters. The molecule has 0 bridgehead atoms. The van der Waals surface area contributed by atoms with Gasteiger partial charge in [0.25, 0.3) is 0 Å². The predicted octanol–water partition coefficient (Wildman–Crippen LogP) is 0.931. The van der Waals surface area contributed by atoms with Crippen LogP contribution in [0.3, 0.4) is 0 Å². The van der Waals surface area contributed by atoms with Crippen molar-refractivity contribution in [2.45, 2.75) is 51.4 Å². The zero-order valence-corrected chi connectivity index (χ0v) is 10.7. The molecule has 0 saturated heterocycles. The van der Waals surface area contributed by atoms with Crippen LogP contribution in [0.1, 0.15) is 33.6 Å². The summed E-state index contributed by atoms with van der Waals surface area (Å²) in [6.45, 7) is 8.30. The van der Waals surface area contributed by atoms with E-state index in [2.05, 4.69) is 12.2 Å². The summed E-state index contributed by atoms with van der Waals surface area (Å²) in [7, 11) is 0. The van der Waals surface area contributed by atoms with Gasteiger partial charge in [0.05, 0.1) is 32.0 Å². The Morgan fingerprint density at radius 2 is 2.00 bits per heavy atom. The molecule has 1 saturated carbocycles. The normalized spacial score (nSPS) is 20.1. The molecular formula is C12H25NO3. The van der Waals surface area contributed by atoms with Gasteiger partial charge in [-0.3, -0.25) is 0 Å². The number of aliphatic hydroxyl groups is 1. The van der Waals surface area contributed by atoms with Gasteiger partial charge in [-0.05, 0) is 33.6 Å². The van der Waals surface area contributed by atoms with Crippen molar-refractivity contribution in [2.75, 3.05) is 26.4 Å². The van der Waals surface area contributed by atoms with Gasteiger partial charge < -0.3 is 19.9 Å². The summed E-state index contributed by atoms with van der Waals surface area (Å²) in [5.74, 6) is 0. The molecule has 1 aliphatic carbocycles. The predicted molar refractivity (Wildman–Crippen MR) is 63.6 cm³/mol. The highest BCUT2D eigenvalue weighted by Crippen LogP contribution is 2.33. The molecule has 0 radical (unpaired) electrons. The van der Waals surface area contributed by atoms with Crippen molar-refractivity contribution in [1.82, 2.24) is 5.32 Å². The van der Waals surface area contributed by atoms with E-state index in [1.807, 2.05) is 13.8 Å². The van der Waals surface area contributed by atoms with Crippen LogP contribution >= 0.6 is 0 Å². The van der Waals surface area contributed by atoms with Crippen molar-refractivity contribution in [3.63, 3.8) is 0 Å². The summed E-state index contributed by atoms with van der Waals surface area (Å²) in [6.07, 6.45) is 2.24. The second-order valence-corrected chi connectivity index (χ2v) is 5.09. The molecule has 0 aromatic heterocycles. The summed E-state index contributed by atoms with van der Waals surface area (Å²) in [6, 6.07) is 0. The Morgan fingerprint density at radius 3 is 2.56 bits per heavy atom. The molecule has 1 rings (SSSR count). The SMILES string of the molecule is CC(C)OCCOCC(O)CNC1(C)CC1. The van der Waals surface area contributed by atoms with Gasteiger partial charge in [-0.1, -0.05) is 0 Å². The number of nitrogens with one attached hydrogen (secondary N) is 1. The van der Waals surface area contributed by atoms with Crippen LogP contribution in [0.4, 0.5) is 0 Å². The number of hydrogen-bond acceptors (Lipinski definition) is 4. The van der Waals surface area contributed by atoms with E-state index < -0.39 is 6.10 Å². The fourth-order valence-corrected chi connectivity index (χ4v) is 1.35. The minimum Gasteiger partial charge on any atom is -0.389 e. The topological polar surface area (TPSA) is 50.7 Å². The summed E-state index contributed by atoms with van der Waals surface area (Å²) in [5.41, 5.74) is 0.279. The fourth-order valence-electron chi connectivity index (χ4n) is 1.35. The summed E-state index contributed by atoms with van der Waals surface area (Å²) in [5, 5.41) is 13.0. The Kier molecular flexibility index (Phi) is 5.69. The number of ether oxygens (including phenoxy) is 2. The van der Waals surface area contributed by atoms with Crippen molar-refractivity contribution >= 4 is 0 Å². The standard InChI is InChI=1S/C12H25NO3/c1-10(2)16-7-6-15-9-11(14)8-13-12(3)4-5-12/h10-11,13-14H,4-9H2,1-3H3. The minimum absolute atomic E-state index is 0.241. The van der Waals surface area contributed by atoms with Gasteiger partial charge in [-0.15, -0.1) is 0 Å². The first-order valence-corrected chi connectivity index (χ1v) is 6.14. The van der Waals surface area contributed by atoms with Crippen LogP contribution in [0.2, 0.25) is 0 Å². The molecule has 0 heterocycles. The van der Waals surface area contributed by atoms with Crippen molar-refractivity contribution in [1.29, 1.82) is 0 Å². The zero-order valence-electron chi connectivity index (χ0n) is 10.7. The first kappa shape index (κ1) is 13.9. The summed E-state index contributed by atoms with van der Waals surface area (Å²) in [4.78, 5) is 0. The van der Waals surface area contributed by atoms with Gasteiger partial charge in [0.2, 0.25) is 0 Å². The van der Waals surface area contributed by atoms with Crippen LogP contribution < -0.4 is 5.32 Å². The second-order valence-electron chi connectivity index (χ2n) is 5.09. The molecule has 0 aliphatic heterocycles. The van der Waals surface area contributed by atoms with Gasteiger partial charge in [0.1, 0.15) is 0 Å². The fraction of sp³-hybridized carbons (Fsp3) is 1.00. The van der Waals surface area contributed by atoms with Crippen molar-refractivity contribution in [3.8, 4) is 0 Å². The number of rotatable bonds is 9. The molecule has 4 nitrogen and oxygen atoms in total. The maximum atomic E-state index is 9.62.